The maximum atomic E-state index is 12.9. The lowest BCUT2D eigenvalue weighted by atomic mass is 10.2. The molecule has 0 bridgehead atoms. The van der Waals surface area contributed by atoms with E-state index in [9.17, 15) is 18.0 Å². The van der Waals surface area contributed by atoms with Gasteiger partial charge in [-0.1, -0.05) is 11.6 Å². The highest BCUT2D eigenvalue weighted by Gasteiger charge is 2.33. The van der Waals surface area contributed by atoms with Crippen LogP contribution in [0.3, 0.4) is 0 Å². The third kappa shape index (κ3) is 5.43. The fourth-order valence-corrected chi connectivity index (χ4v) is 2.77. The number of benzene rings is 3. The van der Waals surface area contributed by atoms with Crippen molar-refractivity contribution in [2.45, 2.75) is 6.18 Å². The monoisotopic (exact) mass is 430 g/mol. The molecule has 0 aliphatic rings. The molecule has 3 aromatic carbocycles. The van der Waals surface area contributed by atoms with Gasteiger partial charge in [-0.3, -0.25) is 0 Å². The Morgan fingerprint density at radius 3 is 1.90 bits per heavy atom. The highest BCUT2D eigenvalue weighted by atomic mass is 35.5. The van der Waals surface area contributed by atoms with Crippen LogP contribution < -0.4 is 16.0 Å². The second-order valence-electron chi connectivity index (χ2n) is 6.16. The van der Waals surface area contributed by atoms with E-state index in [0.717, 1.165) is 23.5 Å². The number of carbonyl (C=O) groups is 1. The maximum absolute atomic E-state index is 12.9. The van der Waals surface area contributed by atoms with Crippen LogP contribution in [-0.2, 0) is 6.18 Å². The normalized spacial score (nSPS) is 10.8. The lowest BCUT2D eigenvalue weighted by Gasteiger charge is -2.13. The molecular formula is C21H14ClF3N4O. The molecular weight excluding hydrogens is 417 g/mol. The molecule has 0 aromatic heterocycles. The number of nitriles is 1. The fraction of sp³-hybridized carbons (Fsp3) is 0.0476. The standard InChI is InChI=1S/C21H14ClF3N4O/c22-19-10-9-17(11-18(19)21(23,24)25)29-20(30)28-16-7-5-15(6-8-16)27-14-3-1-13(12-26)2-4-14/h1-11,27H,(H2,28,29,30). The first-order chi connectivity index (χ1) is 14.2. The van der Waals surface area contributed by atoms with E-state index in [1.807, 2.05) is 6.07 Å². The quantitative estimate of drug-likeness (QED) is 0.435. The predicted octanol–water partition coefficient (Wildman–Crippen LogP) is 6.62. The molecule has 5 nitrogen and oxygen atoms in total. The lowest BCUT2D eigenvalue weighted by molar-refractivity contribution is -0.137. The highest BCUT2D eigenvalue weighted by molar-refractivity contribution is 6.31. The van der Waals surface area contributed by atoms with Crippen molar-refractivity contribution in [1.29, 1.82) is 5.26 Å². The molecule has 0 aliphatic carbocycles. The number of rotatable bonds is 4. The van der Waals surface area contributed by atoms with E-state index < -0.39 is 22.8 Å². The van der Waals surface area contributed by atoms with Crippen LogP contribution in [0.2, 0.25) is 5.02 Å². The molecule has 3 aromatic rings. The molecule has 0 unspecified atom stereocenters. The molecule has 0 saturated heterocycles. The lowest BCUT2D eigenvalue weighted by Crippen LogP contribution is -2.19. The number of amides is 2. The van der Waals surface area contributed by atoms with Crippen molar-refractivity contribution in [2.75, 3.05) is 16.0 Å². The van der Waals surface area contributed by atoms with Gasteiger partial charge in [0, 0.05) is 22.7 Å². The smallest absolute Gasteiger partial charge is 0.356 e. The average Bonchev–Trinajstić information content (AvgIpc) is 2.70. The summed E-state index contributed by atoms with van der Waals surface area (Å²) in [5.41, 5.74) is 1.47. The first-order valence-electron chi connectivity index (χ1n) is 8.56. The average molecular weight is 431 g/mol. The molecule has 3 N–H and O–H groups in total. The topological polar surface area (TPSA) is 77.0 Å². The summed E-state index contributed by atoms with van der Waals surface area (Å²) >= 11 is 5.57. The zero-order chi connectivity index (χ0) is 21.7. The Hall–Kier alpha value is -3.70. The maximum Gasteiger partial charge on any atom is 0.417 e. The van der Waals surface area contributed by atoms with E-state index in [1.165, 1.54) is 6.07 Å². The summed E-state index contributed by atoms with van der Waals surface area (Å²) in [6, 6.07) is 18.1. The predicted molar refractivity (Wildman–Crippen MR) is 110 cm³/mol. The van der Waals surface area contributed by atoms with Crippen molar-refractivity contribution in [3.05, 3.63) is 82.9 Å². The highest BCUT2D eigenvalue weighted by Crippen LogP contribution is 2.36. The second kappa shape index (κ2) is 8.76. The van der Waals surface area contributed by atoms with Gasteiger partial charge in [0.25, 0.3) is 0 Å². The molecule has 0 spiro atoms. The number of urea groups is 1. The van der Waals surface area contributed by atoms with Gasteiger partial charge in [0.1, 0.15) is 0 Å². The Bertz CT molecular complexity index is 1090. The van der Waals surface area contributed by atoms with Gasteiger partial charge >= 0.3 is 12.2 Å². The van der Waals surface area contributed by atoms with Crippen LogP contribution in [-0.4, -0.2) is 6.03 Å². The zero-order valence-electron chi connectivity index (χ0n) is 15.2. The molecule has 0 heterocycles. The minimum absolute atomic E-state index is 0.0386. The van der Waals surface area contributed by atoms with Crippen LogP contribution in [0.1, 0.15) is 11.1 Å². The number of halogens is 4. The summed E-state index contributed by atoms with van der Waals surface area (Å²) in [6.07, 6.45) is -4.62. The summed E-state index contributed by atoms with van der Waals surface area (Å²) in [4.78, 5) is 12.1. The van der Waals surface area contributed by atoms with Gasteiger partial charge in [0.15, 0.2) is 0 Å². The molecule has 0 atom stereocenters. The fourth-order valence-electron chi connectivity index (χ4n) is 2.55. The summed E-state index contributed by atoms with van der Waals surface area (Å²) in [6.45, 7) is 0. The summed E-state index contributed by atoms with van der Waals surface area (Å²) < 4.78 is 38.7. The number of hydrogen-bond acceptors (Lipinski definition) is 3. The Morgan fingerprint density at radius 2 is 1.33 bits per heavy atom. The largest absolute Gasteiger partial charge is 0.417 e. The molecule has 9 heteroatoms. The van der Waals surface area contributed by atoms with Gasteiger partial charge in [-0.05, 0) is 66.7 Å². The van der Waals surface area contributed by atoms with Gasteiger partial charge < -0.3 is 16.0 Å². The molecule has 3 rings (SSSR count). The SMILES string of the molecule is N#Cc1ccc(Nc2ccc(NC(=O)Nc3ccc(Cl)c(C(F)(F)F)c3)cc2)cc1. The minimum Gasteiger partial charge on any atom is -0.356 e. The van der Waals surface area contributed by atoms with E-state index in [2.05, 4.69) is 16.0 Å². The van der Waals surface area contributed by atoms with E-state index in [0.29, 0.717) is 11.3 Å². The summed E-state index contributed by atoms with van der Waals surface area (Å²) in [7, 11) is 0. The van der Waals surface area contributed by atoms with E-state index >= 15 is 0 Å². The van der Waals surface area contributed by atoms with Gasteiger partial charge in [-0.2, -0.15) is 18.4 Å². The van der Waals surface area contributed by atoms with Crippen LogP contribution in [0.15, 0.2) is 66.7 Å². The summed E-state index contributed by atoms with van der Waals surface area (Å²) in [5, 5.41) is 16.4. The van der Waals surface area contributed by atoms with E-state index in [4.69, 9.17) is 16.9 Å². The molecule has 30 heavy (non-hydrogen) atoms. The Labute approximate surface area is 175 Å². The second-order valence-corrected chi connectivity index (χ2v) is 6.57. The number of hydrogen-bond donors (Lipinski definition) is 3. The first kappa shape index (κ1) is 21.0. The number of carbonyl (C=O) groups excluding carboxylic acids is 1. The third-order valence-corrected chi connectivity index (χ3v) is 4.30. The number of alkyl halides is 3. The van der Waals surface area contributed by atoms with Crippen LogP contribution in [0.5, 0.6) is 0 Å². The molecule has 0 radical (unpaired) electrons. The molecule has 152 valence electrons. The van der Waals surface area contributed by atoms with Crippen molar-refractivity contribution in [3.63, 3.8) is 0 Å². The van der Waals surface area contributed by atoms with E-state index in [-0.39, 0.29) is 5.69 Å². The van der Waals surface area contributed by atoms with Crippen molar-refractivity contribution in [3.8, 4) is 6.07 Å². The third-order valence-electron chi connectivity index (χ3n) is 3.98. The van der Waals surface area contributed by atoms with Crippen LogP contribution in [0.4, 0.5) is 40.7 Å². The van der Waals surface area contributed by atoms with Crippen molar-refractivity contribution in [2.24, 2.45) is 0 Å². The van der Waals surface area contributed by atoms with Gasteiger partial charge in [0.05, 0.1) is 22.2 Å². The van der Waals surface area contributed by atoms with E-state index in [1.54, 1.807) is 48.5 Å². The molecule has 2 amide bonds. The van der Waals surface area contributed by atoms with Crippen LogP contribution >= 0.6 is 11.6 Å². The first-order valence-corrected chi connectivity index (χ1v) is 8.94. The summed E-state index contributed by atoms with van der Waals surface area (Å²) in [5.74, 6) is 0. The van der Waals surface area contributed by atoms with Crippen LogP contribution in [0.25, 0.3) is 0 Å². The Balaban J connectivity index is 1.61. The molecule has 0 fully saturated rings. The Kier molecular flexibility index (Phi) is 6.14. The zero-order valence-corrected chi connectivity index (χ0v) is 16.0. The number of nitrogens with zero attached hydrogens (tertiary/aromatic N) is 1. The van der Waals surface area contributed by atoms with Crippen molar-refractivity contribution >= 4 is 40.4 Å². The number of anilines is 4. The Morgan fingerprint density at radius 1 is 0.833 bits per heavy atom. The van der Waals surface area contributed by atoms with Gasteiger partial charge in [0.2, 0.25) is 0 Å². The minimum atomic E-state index is -4.62. The van der Waals surface area contributed by atoms with Crippen LogP contribution in [0, 0.1) is 11.3 Å². The molecule has 0 saturated carbocycles. The van der Waals surface area contributed by atoms with Crippen molar-refractivity contribution < 1.29 is 18.0 Å². The number of nitrogens with one attached hydrogen (secondary N) is 3. The van der Waals surface area contributed by atoms with Gasteiger partial charge in [-0.25, -0.2) is 4.79 Å². The van der Waals surface area contributed by atoms with Crippen molar-refractivity contribution in [1.82, 2.24) is 0 Å². The van der Waals surface area contributed by atoms with Gasteiger partial charge in [-0.15, -0.1) is 0 Å². The molecule has 0 aliphatic heterocycles.